The van der Waals surface area contributed by atoms with E-state index in [0.29, 0.717) is 5.56 Å². The number of anilines is 1. The second-order valence-electron chi connectivity index (χ2n) is 4.23. The number of rotatable bonds is 3. The summed E-state index contributed by atoms with van der Waals surface area (Å²) in [5.74, 6) is -0.531. The van der Waals surface area contributed by atoms with Crippen LogP contribution in [0.25, 0.3) is 0 Å². The molecule has 2 aromatic carbocycles. The van der Waals surface area contributed by atoms with Gasteiger partial charge in [0.15, 0.2) is 0 Å². The van der Waals surface area contributed by atoms with Crippen molar-refractivity contribution in [2.45, 2.75) is 11.8 Å². The minimum atomic E-state index is -3.93. The molecule has 0 saturated carbocycles. The van der Waals surface area contributed by atoms with Gasteiger partial charge in [0.1, 0.15) is 16.8 Å². The molecular weight excluding hydrogens is 279 g/mol. The molecule has 0 fully saturated rings. The maximum Gasteiger partial charge on any atom is 0.263 e. The number of nitrogens with one attached hydrogen (secondary N) is 1. The van der Waals surface area contributed by atoms with Crippen LogP contribution in [-0.2, 0) is 10.0 Å². The summed E-state index contributed by atoms with van der Waals surface area (Å²) in [5, 5.41) is 8.93. The smallest absolute Gasteiger partial charge is 0.263 e. The van der Waals surface area contributed by atoms with E-state index >= 15 is 0 Å². The Morgan fingerprint density at radius 3 is 2.55 bits per heavy atom. The van der Waals surface area contributed by atoms with E-state index in [-0.39, 0.29) is 16.1 Å². The van der Waals surface area contributed by atoms with Gasteiger partial charge in [-0.3, -0.25) is 4.72 Å². The normalized spacial score (nSPS) is 10.8. The molecule has 0 amide bonds. The highest BCUT2D eigenvalue weighted by atomic mass is 32.2. The first kappa shape index (κ1) is 14.0. The van der Waals surface area contributed by atoms with Crippen LogP contribution in [0.1, 0.15) is 11.1 Å². The average Bonchev–Trinajstić information content (AvgIpc) is 2.36. The Balaban J connectivity index is 2.44. The maximum absolute atomic E-state index is 13.3. The van der Waals surface area contributed by atoms with Gasteiger partial charge in [-0.25, -0.2) is 12.8 Å². The third-order valence-electron chi connectivity index (χ3n) is 2.59. The van der Waals surface area contributed by atoms with Crippen LogP contribution in [0.5, 0.6) is 0 Å². The van der Waals surface area contributed by atoms with Crippen molar-refractivity contribution in [2.75, 3.05) is 4.72 Å². The van der Waals surface area contributed by atoms with E-state index in [1.165, 1.54) is 30.3 Å². The fraction of sp³-hybridized carbons (Fsp3) is 0.0714. The number of hydrogen-bond acceptors (Lipinski definition) is 3. The molecule has 1 N–H and O–H groups in total. The summed E-state index contributed by atoms with van der Waals surface area (Å²) in [6, 6.07) is 11.5. The Kier molecular flexibility index (Phi) is 3.72. The topological polar surface area (TPSA) is 70.0 Å². The molecule has 0 saturated heterocycles. The number of benzene rings is 2. The first-order valence-electron chi connectivity index (χ1n) is 5.71. The molecule has 2 aromatic rings. The molecule has 0 aliphatic carbocycles. The van der Waals surface area contributed by atoms with Crippen molar-refractivity contribution in [1.29, 1.82) is 5.26 Å². The molecule has 0 unspecified atom stereocenters. The lowest BCUT2D eigenvalue weighted by atomic mass is 10.2. The molecular formula is C14H11FN2O2S. The fourth-order valence-corrected chi connectivity index (χ4v) is 3.00. The van der Waals surface area contributed by atoms with Gasteiger partial charge in [-0.15, -0.1) is 0 Å². The summed E-state index contributed by atoms with van der Waals surface area (Å²) in [4.78, 5) is -0.135. The van der Waals surface area contributed by atoms with Crippen LogP contribution in [0, 0.1) is 24.1 Å². The quantitative estimate of drug-likeness (QED) is 0.945. The zero-order valence-corrected chi connectivity index (χ0v) is 11.4. The molecule has 0 aliphatic heterocycles. The number of sulfonamides is 1. The van der Waals surface area contributed by atoms with Crippen LogP contribution in [-0.4, -0.2) is 8.42 Å². The highest BCUT2D eigenvalue weighted by molar-refractivity contribution is 7.92. The lowest BCUT2D eigenvalue weighted by molar-refractivity contribution is 0.601. The monoisotopic (exact) mass is 290 g/mol. The van der Waals surface area contributed by atoms with Gasteiger partial charge in [0.2, 0.25) is 0 Å². The summed E-state index contributed by atoms with van der Waals surface area (Å²) in [7, 11) is -3.93. The summed E-state index contributed by atoms with van der Waals surface area (Å²) in [5.41, 5.74) is 0.750. The first-order chi connectivity index (χ1) is 9.42. The van der Waals surface area contributed by atoms with Gasteiger partial charge in [0.25, 0.3) is 10.0 Å². The van der Waals surface area contributed by atoms with Gasteiger partial charge in [-0.05, 0) is 42.8 Å². The molecule has 0 aliphatic rings. The van der Waals surface area contributed by atoms with E-state index in [1.54, 1.807) is 13.0 Å². The lowest BCUT2D eigenvalue weighted by Gasteiger charge is -2.10. The Morgan fingerprint density at radius 2 is 1.90 bits per heavy atom. The molecule has 0 radical (unpaired) electrons. The number of aryl methyl sites for hydroxylation is 1. The summed E-state index contributed by atoms with van der Waals surface area (Å²) in [6.07, 6.45) is 0. The molecule has 6 heteroatoms. The van der Waals surface area contributed by atoms with Crippen molar-refractivity contribution in [3.05, 3.63) is 59.4 Å². The van der Waals surface area contributed by atoms with Gasteiger partial charge >= 0.3 is 0 Å². The molecule has 0 heterocycles. The fourth-order valence-electron chi connectivity index (χ4n) is 1.80. The van der Waals surface area contributed by atoms with Gasteiger partial charge in [-0.1, -0.05) is 12.1 Å². The molecule has 0 bridgehead atoms. The average molecular weight is 290 g/mol. The minimum absolute atomic E-state index is 0.0353. The van der Waals surface area contributed by atoms with E-state index in [2.05, 4.69) is 4.72 Å². The molecule has 20 heavy (non-hydrogen) atoms. The Labute approximate surface area is 116 Å². The summed E-state index contributed by atoms with van der Waals surface area (Å²) < 4.78 is 40.0. The minimum Gasteiger partial charge on any atom is -0.279 e. The van der Waals surface area contributed by atoms with Crippen molar-refractivity contribution in [2.24, 2.45) is 0 Å². The summed E-state index contributed by atoms with van der Waals surface area (Å²) >= 11 is 0. The van der Waals surface area contributed by atoms with Gasteiger partial charge < -0.3 is 0 Å². The predicted octanol–water partition coefficient (Wildman–Crippen LogP) is 2.81. The van der Waals surface area contributed by atoms with Crippen LogP contribution in [0.15, 0.2) is 47.4 Å². The van der Waals surface area contributed by atoms with Crippen LogP contribution < -0.4 is 4.72 Å². The van der Waals surface area contributed by atoms with Crippen LogP contribution >= 0.6 is 0 Å². The molecule has 0 aromatic heterocycles. The lowest BCUT2D eigenvalue weighted by Crippen LogP contribution is -2.14. The third kappa shape index (κ3) is 2.95. The van der Waals surface area contributed by atoms with Crippen molar-refractivity contribution in [3.8, 4) is 6.07 Å². The van der Waals surface area contributed by atoms with E-state index in [9.17, 15) is 12.8 Å². The molecule has 102 valence electrons. The van der Waals surface area contributed by atoms with E-state index in [0.717, 1.165) is 6.07 Å². The maximum atomic E-state index is 13.3. The van der Waals surface area contributed by atoms with Crippen LogP contribution in [0.4, 0.5) is 10.1 Å². The molecule has 2 rings (SSSR count). The van der Waals surface area contributed by atoms with Crippen molar-refractivity contribution >= 4 is 15.7 Å². The van der Waals surface area contributed by atoms with Crippen molar-refractivity contribution in [3.63, 3.8) is 0 Å². The highest BCUT2D eigenvalue weighted by Crippen LogP contribution is 2.20. The van der Waals surface area contributed by atoms with Crippen molar-refractivity contribution in [1.82, 2.24) is 0 Å². The van der Waals surface area contributed by atoms with Gasteiger partial charge in [-0.2, -0.15) is 5.26 Å². The number of nitriles is 1. The predicted molar refractivity (Wildman–Crippen MR) is 73.1 cm³/mol. The van der Waals surface area contributed by atoms with E-state index < -0.39 is 15.8 Å². The Bertz CT molecular complexity index is 775. The Morgan fingerprint density at radius 1 is 1.20 bits per heavy atom. The van der Waals surface area contributed by atoms with E-state index in [1.807, 2.05) is 6.07 Å². The first-order valence-corrected chi connectivity index (χ1v) is 7.20. The van der Waals surface area contributed by atoms with Gasteiger partial charge in [0.05, 0.1) is 11.3 Å². The third-order valence-corrected chi connectivity index (χ3v) is 4.03. The van der Waals surface area contributed by atoms with Crippen LogP contribution in [0.3, 0.4) is 0 Å². The summed E-state index contributed by atoms with van der Waals surface area (Å²) in [6.45, 7) is 1.66. The zero-order valence-electron chi connectivity index (χ0n) is 10.6. The second-order valence-corrected chi connectivity index (χ2v) is 5.88. The molecule has 0 spiro atoms. The zero-order chi connectivity index (χ0) is 14.8. The van der Waals surface area contributed by atoms with Gasteiger partial charge in [0, 0.05) is 0 Å². The number of nitrogens with zero attached hydrogens (tertiary/aromatic N) is 1. The Hall–Kier alpha value is -2.39. The largest absolute Gasteiger partial charge is 0.279 e. The standard InChI is InChI=1S/C14H11FN2O2S/c1-10-6-12(15)8-13(7-10)17-20(18,19)14-5-3-2-4-11(14)9-16/h2-8,17H,1H3. The number of hydrogen-bond donors (Lipinski definition) is 1. The van der Waals surface area contributed by atoms with Crippen molar-refractivity contribution < 1.29 is 12.8 Å². The number of halogens is 1. The second kappa shape index (κ2) is 5.31. The van der Waals surface area contributed by atoms with Crippen LogP contribution in [0.2, 0.25) is 0 Å². The highest BCUT2D eigenvalue weighted by Gasteiger charge is 2.18. The molecule has 0 atom stereocenters. The van der Waals surface area contributed by atoms with E-state index in [4.69, 9.17) is 5.26 Å². The SMILES string of the molecule is Cc1cc(F)cc(NS(=O)(=O)c2ccccc2C#N)c1. The molecule has 4 nitrogen and oxygen atoms in total.